The zero-order valence-corrected chi connectivity index (χ0v) is 12.1. The molecular formula is C16H13N3OS. The van der Waals surface area contributed by atoms with Gasteiger partial charge in [0.25, 0.3) is 5.91 Å². The topological polar surface area (TPSA) is 59.2 Å². The van der Waals surface area contributed by atoms with Crippen LogP contribution in [0.15, 0.2) is 42.5 Å². The molecule has 0 atom stereocenters. The highest BCUT2D eigenvalue weighted by Crippen LogP contribution is 2.31. The first-order valence-corrected chi connectivity index (χ1v) is 7.55. The van der Waals surface area contributed by atoms with Crippen LogP contribution in [-0.4, -0.2) is 15.8 Å². The summed E-state index contributed by atoms with van der Waals surface area (Å²) < 4.78 is 0. The highest BCUT2D eigenvalue weighted by atomic mass is 32.1. The molecule has 3 aromatic rings. The van der Waals surface area contributed by atoms with Gasteiger partial charge in [0.2, 0.25) is 0 Å². The van der Waals surface area contributed by atoms with Gasteiger partial charge in [0.1, 0.15) is 0 Å². The Morgan fingerprint density at radius 3 is 2.81 bits per heavy atom. The van der Waals surface area contributed by atoms with E-state index in [2.05, 4.69) is 4.98 Å². The first-order chi connectivity index (χ1) is 10.2. The average Bonchev–Trinajstić information content (AvgIpc) is 3.03. The first-order valence-electron chi connectivity index (χ1n) is 6.73. The maximum Gasteiger partial charge on any atom is 0.255 e. The van der Waals surface area contributed by atoms with Crippen molar-refractivity contribution in [1.29, 1.82) is 0 Å². The van der Waals surface area contributed by atoms with E-state index in [9.17, 15) is 4.79 Å². The zero-order chi connectivity index (χ0) is 14.4. The van der Waals surface area contributed by atoms with Crippen LogP contribution in [0, 0.1) is 0 Å². The molecule has 21 heavy (non-hydrogen) atoms. The summed E-state index contributed by atoms with van der Waals surface area (Å²) in [6, 6.07) is 13.8. The molecular weight excluding hydrogens is 282 g/mol. The van der Waals surface area contributed by atoms with Crippen molar-refractivity contribution in [3.63, 3.8) is 0 Å². The highest BCUT2D eigenvalue weighted by molar-refractivity contribution is 7.15. The summed E-state index contributed by atoms with van der Waals surface area (Å²) in [7, 11) is 0. The molecule has 1 amide bonds. The molecule has 2 aromatic carbocycles. The summed E-state index contributed by atoms with van der Waals surface area (Å²) in [4.78, 5) is 20.0. The molecule has 0 saturated carbocycles. The number of aromatic nitrogens is 1. The lowest BCUT2D eigenvalue weighted by atomic mass is 10.0. The zero-order valence-electron chi connectivity index (χ0n) is 11.2. The van der Waals surface area contributed by atoms with Gasteiger partial charge >= 0.3 is 0 Å². The minimum atomic E-state index is 0.0515. The van der Waals surface area contributed by atoms with Crippen LogP contribution < -0.4 is 5.73 Å². The average molecular weight is 295 g/mol. The Hall–Kier alpha value is -2.40. The van der Waals surface area contributed by atoms with Crippen LogP contribution in [0.2, 0.25) is 0 Å². The second-order valence-electron chi connectivity index (χ2n) is 5.11. The van der Waals surface area contributed by atoms with E-state index in [1.165, 1.54) is 11.3 Å². The fourth-order valence-corrected chi connectivity index (χ4v) is 3.64. The number of fused-ring (bicyclic) bond motifs is 2. The number of thiazole rings is 1. The molecule has 104 valence electrons. The fraction of sp³-hybridized carbons (Fsp3) is 0.125. The number of amides is 1. The molecule has 5 heteroatoms. The van der Waals surface area contributed by atoms with Gasteiger partial charge in [0.05, 0.1) is 23.7 Å². The van der Waals surface area contributed by atoms with Crippen molar-refractivity contribution in [2.75, 3.05) is 5.73 Å². The van der Waals surface area contributed by atoms with Crippen LogP contribution in [0.3, 0.4) is 0 Å². The largest absolute Gasteiger partial charge is 0.375 e. The lowest BCUT2D eigenvalue weighted by molar-refractivity contribution is 0.0753. The van der Waals surface area contributed by atoms with Gasteiger partial charge in [-0.05, 0) is 16.8 Å². The third-order valence-corrected chi connectivity index (χ3v) is 4.69. The Balaban J connectivity index is 1.70. The van der Waals surface area contributed by atoms with Crippen molar-refractivity contribution < 1.29 is 4.79 Å². The minimum absolute atomic E-state index is 0.0515. The van der Waals surface area contributed by atoms with Crippen molar-refractivity contribution >= 4 is 33.1 Å². The number of carbonyl (C=O) groups excluding carboxylic acids is 1. The molecule has 0 unspecified atom stereocenters. The number of nitrogen functional groups attached to an aromatic ring is 1. The summed E-state index contributed by atoms with van der Waals surface area (Å²) in [6.45, 7) is 1.15. The van der Waals surface area contributed by atoms with Gasteiger partial charge in [-0.25, -0.2) is 4.98 Å². The number of hydrogen-bond donors (Lipinski definition) is 1. The second-order valence-corrected chi connectivity index (χ2v) is 6.23. The third-order valence-electron chi connectivity index (χ3n) is 3.78. The van der Waals surface area contributed by atoms with E-state index in [0.717, 1.165) is 26.9 Å². The smallest absolute Gasteiger partial charge is 0.255 e. The SMILES string of the molecule is Nc1nc2c(s1)CN(C(=O)c1cccc3ccccc13)C2. The summed E-state index contributed by atoms with van der Waals surface area (Å²) in [5.74, 6) is 0.0515. The monoisotopic (exact) mass is 295 g/mol. The number of rotatable bonds is 1. The van der Waals surface area contributed by atoms with Gasteiger partial charge in [0, 0.05) is 5.56 Å². The molecule has 0 spiro atoms. The number of nitrogens with two attached hydrogens (primary N) is 1. The number of benzene rings is 2. The predicted molar refractivity (Wildman–Crippen MR) is 84.1 cm³/mol. The number of anilines is 1. The quantitative estimate of drug-likeness (QED) is 0.750. The van der Waals surface area contributed by atoms with Crippen molar-refractivity contribution in [1.82, 2.24) is 9.88 Å². The van der Waals surface area contributed by atoms with Crippen molar-refractivity contribution in [2.45, 2.75) is 13.1 Å². The molecule has 0 aliphatic carbocycles. The van der Waals surface area contributed by atoms with E-state index in [0.29, 0.717) is 18.2 Å². The van der Waals surface area contributed by atoms with Gasteiger partial charge in [-0.15, -0.1) is 11.3 Å². The Bertz CT molecular complexity index is 827. The Morgan fingerprint density at radius 1 is 1.14 bits per heavy atom. The molecule has 0 bridgehead atoms. The molecule has 2 heterocycles. The highest BCUT2D eigenvalue weighted by Gasteiger charge is 2.28. The van der Waals surface area contributed by atoms with Crippen molar-refractivity contribution in [3.05, 3.63) is 58.6 Å². The van der Waals surface area contributed by atoms with E-state index < -0.39 is 0 Å². The lowest BCUT2D eigenvalue weighted by Gasteiger charge is -2.16. The third kappa shape index (κ3) is 1.97. The fourth-order valence-electron chi connectivity index (χ4n) is 2.79. The molecule has 4 nitrogen and oxygen atoms in total. The minimum Gasteiger partial charge on any atom is -0.375 e. The number of carbonyl (C=O) groups is 1. The summed E-state index contributed by atoms with van der Waals surface area (Å²) in [5, 5.41) is 2.66. The number of nitrogens with zero attached hydrogens (tertiary/aromatic N) is 2. The van der Waals surface area contributed by atoms with Crippen LogP contribution in [0.25, 0.3) is 10.8 Å². The van der Waals surface area contributed by atoms with Crippen LogP contribution in [0.4, 0.5) is 5.13 Å². The molecule has 1 aliphatic rings. The van der Waals surface area contributed by atoms with Crippen LogP contribution in [0.5, 0.6) is 0 Å². The van der Waals surface area contributed by atoms with Gasteiger partial charge < -0.3 is 10.6 Å². The maximum absolute atomic E-state index is 12.8. The molecule has 2 N–H and O–H groups in total. The summed E-state index contributed by atoms with van der Waals surface area (Å²) in [5.41, 5.74) is 7.38. The summed E-state index contributed by atoms with van der Waals surface area (Å²) >= 11 is 1.47. The van der Waals surface area contributed by atoms with Crippen LogP contribution >= 0.6 is 11.3 Å². The summed E-state index contributed by atoms with van der Waals surface area (Å²) in [6.07, 6.45) is 0. The van der Waals surface area contributed by atoms with Crippen molar-refractivity contribution in [2.24, 2.45) is 0 Å². The van der Waals surface area contributed by atoms with Crippen LogP contribution in [0.1, 0.15) is 20.9 Å². The Labute approximate surface area is 125 Å². The maximum atomic E-state index is 12.8. The Morgan fingerprint density at radius 2 is 1.95 bits per heavy atom. The molecule has 1 aromatic heterocycles. The lowest BCUT2D eigenvalue weighted by Crippen LogP contribution is -2.25. The molecule has 4 rings (SSSR count). The van der Waals surface area contributed by atoms with Crippen molar-refractivity contribution in [3.8, 4) is 0 Å². The van der Waals surface area contributed by atoms with Gasteiger partial charge in [-0.2, -0.15) is 0 Å². The molecule has 0 saturated heterocycles. The molecule has 1 aliphatic heterocycles. The predicted octanol–water partition coefficient (Wildman–Crippen LogP) is 3.03. The van der Waals surface area contributed by atoms with Gasteiger partial charge in [-0.1, -0.05) is 36.4 Å². The second kappa shape index (κ2) is 4.56. The first kappa shape index (κ1) is 12.3. The normalized spacial score (nSPS) is 13.6. The Kier molecular flexibility index (Phi) is 2.68. The van der Waals surface area contributed by atoms with Crippen LogP contribution in [-0.2, 0) is 13.1 Å². The molecule has 0 radical (unpaired) electrons. The van der Waals surface area contributed by atoms with Gasteiger partial charge in [0.15, 0.2) is 5.13 Å². The van der Waals surface area contributed by atoms with E-state index in [4.69, 9.17) is 5.73 Å². The van der Waals surface area contributed by atoms with E-state index >= 15 is 0 Å². The van der Waals surface area contributed by atoms with E-state index in [1.807, 2.05) is 47.4 Å². The molecule has 0 fully saturated rings. The van der Waals surface area contributed by atoms with Gasteiger partial charge in [-0.3, -0.25) is 4.79 Å². The van der Waals surface area contributed by atoms with E-state index in [-0.39, 0.29) is 5.91 Å². The van der Waals surface area contributed by atoms with E-state index in [1.54, 1.807) is 0 Å². The number of hydrogen-bond acceptors (Lipinski definition) is 4. The standard InChI is InChI=1S/C16H13N3OS/c17-16-18-13-8-19(9-14(13)21-16)15(20)12-7-3-5-10-4-1-2-6-11(10)12/h1-7H,8-9H2,(H2,17,18).